The molecule has 0 amide bonds. The number of para-hydroxylation sites is 1. The molecule has 2 aromatic carbocycles. The van der Waals surface area contributed by atoms with E-state index in [2.05, 4.69) is 45.2 Å². The zero-order chi connectivity index (χ0) is 17.6. The average Bonchev–Trinajstić information content (AvgIpc) is 2.70. The lowest BCUT2D eigenvalue weighted by Gasteiger charge is -2.31. The van der Waals surface area contributed by atoms with Gasteiger partial charge in [0.15, 0.2) is 0 Å². The summed E-state index contributed by atoms with van der Waals surface area (Å²) >= 11 is 0. The van der Waals surface area contributed by atoms with Crippen LogP contribution in [0.2, 0.25) is 0 Å². The molecule has 0 saturated carbocycles. The number of rotatable bonds is 6. The highest BCUT2D eigenvalue weighted by Crippen LogP contribution is 2.22. The Morgan fingerprint density at radius 3 is 2.58 bits per heavy atom. The van der Waals surface area contributed by atoms with Crippen LogP contribution in [0.4, 0.5) is 0 Å². The van der Waals surface area contributed by atoms with Gasteiger partial charge in [0.05, 0.1) is 12.1 Å². The van der Waals surface area contributed by atoms with Gasteiger partial charge in [-0.1, -0.05) is 48.5 Å². The van der Waals surface area contributed by atoms with Crippen LogP contribution in [0, 0.1) is 5.92 Å². The molecule has 0 bridgehead atoms. The second kappa shape index (κ2) is 8.28. The highest BCUT2D eigenvalue weighted by atomic mass is 16.5. The fourth-order valence-electron chi connectivity index (χ4n) is 3.62. The third-order valence-electron chi connectivity index (χ3n) is 5.18. The van der Waals surface area contributed by atoms with Crippen LogP contribution in [0.5, 0.6) is 6.01 Å². The van der Waals surface area contributed by atoms with Crippen LogP contribution in [0.25, 0.3) is 10.9 Å². The fraction of sp³-hybridized carbons (Fsp3) is 0.364. The van der Waals surface area contributed by atoms with Gasteiger partial charge in [-0.05, 0) is 49.9 Å². The quantitative estimate of drug-likeness (QED) is 0.666. The minimum absolute atomic E-state index is 0.491. The van der Waals surface area contributed by atoms with Gasteiger partial charge in [-0.25, -0.2) is 4.98 Å². The summed E-state index contributed by atoms with van der Waals surface area (Å²) in [7, 11) is 0. The summed E-state index contributed by atoms with van der Waals surface area (Å²) in [5.74, 6) is 0.738. The molecule has 1 aliphatic heterocycles. The van der Waals surface area contributed by atoms with E-state index in [1.807, 2.05) is 30.5 Å². The summed E-state index contributed by atoms with van der Waals surface area (Å²) in [6.07, 6.45) is 5.40. The fourth-order valence-corrected chi connectivity index (χ4v) is 3.62. The number of piperidine rings is 1. The second-order valence-electron chi connectivity index (χ2n) is 7.05. The molecule has 0 unspecified atom stereocenters. The Balaban J connectivity index is 1.21. The van der Waals surface area contributed by atoms with Gasteiger partial charge in [0.2, 0.25) is 0 Å². The topological polar surface area (TPSA) is 38.2 Å². The van der Waals surface area contributed by atoms with Crippen LogP contribution < -0.4 is 4.74 Å². The average molecular weight is 347 g/mol. The lowest BCUT2D eigenvalue weighted by molar-refractivity contribution is 0.155. The summed E-state index contributed by atoms with van der Waals surface area (Å²) < 4.78 is 5.80. The SMILES string of the molecule is c1ccc(CN2CCC(CCOc3ncc4ccccc4n3)CC2)cc1. The third-order valence-corrected chi connectivity index (χ3v) is 5.18. The minimum atomic E-state index is 0.491. The molecule has 1 fully saturated rings. The molecule has 1 aliphatic rings. The third kappa shape index (κ3) is 4.38. The van der Waals surface area contributed by atoms with Crippen LogP contribution in [0.3, 0.4) is 0 Å². The standard InChI is InChI=1S/C22H25N3O/c1-2-6-19(7-3-1)17-25-13-10-18(11-14-25)12-15-26-22-23-16-20-8-4-5-9-21(20)24-22/h1-9,16,18H,10-15,17H2. The number of benzene rings is 2. The van der Waals surface area contributed by atoms with Crippen molar-refractivity contribution in [3.05, 3.63) is 66.4 Å². The number of hydrogen-bond acceptors (Lipinski definition) is 4. The molecule has 4 nitrogen and oxygen atoms in total. The van der Waals surface area contributed by atoms with E-state index >= 15 is 0 Å². The summed E-state index contributed by atoms with van der Waals surface area (Å²) in [6, 6.07) is 19.2. The van der Waals surface area contributed by atoms with Gasteiger partial charge < -0.3 is 4.74 Å². The highest BCUT2D eigenvalue weighted by molar-refractivity contribution is 5.77. The molecule has 0 N–H and O–H groups in total. The molecule has 4 rings (SSSR count). The Kier molecular flexibility index (Phi) is 5.41. The van der Waals surface area contributed by atoms with E-state index in [0.29, 0.717) is 12.6 Å². The first-order chi connectivity index (χ1) is 12.9. The molecule has 4 heteroatoms. The zero-order valence-electron chi connectivity index (χ0n) is 15.1. The molecule has 0 spiro atoms. The van der Waals surface area contributed by atoms with Gasteiger partial charge >= 0.3 is 6.01 Å². The molecule has 2 heterocycles. The molecule has 0 aliphatic carbocycles. The summed E-state index contributed by atoms with van der Waals surface area (Å²) in [6.45, 7) is 4.11. The van der Waals surface area contributed by atoms with Crippen LogP contribution in [0.1, 0.15) is 24.8 Å². The predicted molar refractivity (Wildman–Crippen MR) is 104 cm³/mol. The van der Waals surface area contributed by atoms with Crippen molar-refractivity contribution in [3.8, 4) is 6.01 Å². The molecule has 1 saturated heterocycles. The van der Waals surface area contributed by atoms with Crippen molar-refractivity contribution in [2.75, 3.05) is 19.7 Å². The van der Waals surface area contributed by atoms with Gasteiger partial charge in [-0.15, -0.1) is 0 Å². The first-order valence-corrected chi connectivity index (χ1v) is 9.48. The summed E-state index contributed by atoms with van der Waals surface area (Å²) in [5.41, 5.74) is 2.34. The second-order valence-corrected chi connectivity index (χ2v) is 7.05. The van der Waals surface area contributed by atoms with Crippen molar-refractivity contribution in [1.82, 2.24) is 14.9 Å². The number of nitrogens with zero attached hydrogens (tertiary/aromatic N) is 3. The lowest BCUT2D eigenvalue weighted by atomic mass is 9.93. The maximum atomic E-state index is 5.80. The molecule has 26 heavy (non-hydrogen) atoms. The molecule has 1 aromatic heterocycles. The normalized spacial score (nSPS) is 16.0. The number of aromatic nitrogens is 2. The lowest BCUT2D eigenvalue weighted by Crippen LogP contribution is -2.33. The van der Waals surface area contributed by atoms with Crippen LogP contribution in [0.15, 0.2) is 60.8 Å². The predicted octanol–water partition coefficient (Wildman–Crippen LogP) is 4.31. The van der Waals surface area contributed by atoms with E-state index < -0.39 is 0 Å². The van der Waals surface area contributed by atoms with Crippen LogP contribution >= 0.6 is 0 Å². The molecule has 0 radical (unpaired) electrons. The summed E-state index contributed by atoms with van der Waals surface area (Å²) in [4.78, 5) is 11.3. The van der Waals surface area contributed by atoms with E-state index in [1.54, 1.807) is 0 Å². The van der Waals surface area contributed by atoms with Crippen molar-refractivity contribution < 1.29 is 4.74 Å². The Labute approximate surface area is 154 Å². The van der Waals surface area contributed by atoms with Gasteiger partial charge in [0, 0.05) is 18.1 Å². The van der Waals surface area contributed by atoms with Crippen molar-refractivity contribution >= 4 is 10.9 Å². The van der Waals surface area contributed by atoms with Crippen molar-refractivity contribution in [2.24, 2.45) is 5.92 Å². The maximum Gasteiger partial charge on any atom is 0.316 e. The molecule has 3 aromatic rings. The van der Waals surface area contributed by atoms with Crippen LogP contribution in [-0.2, 0) is 6.54 Å². The van der Waals surface area contributed by atoms with E-state index in [-0.39, 0.29) is 0 Å². The Bertz CT molecular complexity index is 829. The van der Waals surface area contributed by atoms with Gasteiger partial charge in [-0.3, -0.25) is 4.90 Å². The van der Waals surface area contributed by atoms with Gasteiger partial charge in [0.1, 0.15) is 0 Å². The van der Waals surface area contributed by atoms with Crippen molar-refractivity contribution in [2.45, 2.75) is 25.8 Å². The number of ether oxygens (including phenoxy) is 1. The summed E-state index contributed by atoms with van der Waals surface area (Å²) in [5, 5.41) is 1.05. The van der Waals surface area contributed by atoms with E-state index in [4.69, 9.17) is 4.74 Å². The molecular formula is C22H25N3O. The minimum Gasteiger partial charge on any atom is -0.463 e. The first kappa shape index (κ1) is 17.0. The highest BCUT2D eigenvalue weighted by Gasteiger charge is 2.19. The van der Waals surface area contributed by atoms with Crippen molar-refractivity contribution in [1.29, 1.82) is 0 Å². The maximum absolute atomic E-state index is 5.80. The Hall–Kier alpha value is -2.46. The zero-order valence-corrected chi connectivity index (χ0v) is 15.1. The Morgan fingerprint density at radius 2 is 1.73 bits per heavy atom. The smallest absolute Gasteiger partial charge is 0.316 e. The van der Waals surface area contributed by atoms with Gasteiger partial charge in [-0.2, -0.15) is 4.98 Å². The number of fused-ring (bicyclic) bond motifs is 1. The monoisotopic (exact) mass is 347 g/mol. The number of hydrogen-bond donors (Lipinski definition) is 0. The number of likely N-dealkylation sites (tertiary alicyclic amines) is 1. The first-order valence-electron chi connectivity index (χ1n) is 9.48. The largest absolute Gasteiger partial charge is 0.463 e. The molecule has 134 valence electrons. The van der Waals surface area contributed by atoms with E-state index in [0.717, 1.165) is 29.8 Å². The van der Waals surface area contributed by atoms with E-state index in [9.17, 15) is 0 Å². The molecular weight excluding hydrogens is 322 g/mol. The van der Waals surface area contributed by atoms with E-state index in [1.165, 1.54) is 31.5 Å². The molecule has 0 atom stereocenters. The Morgan fingerprint density at radius 1 is 0.962 bits per heavy atom. The van der Waals surface area contributed by atoms with Crippen LogP contribution in [-0.4, -0.2) is 34.6 Å². The van der Waals surface area contributed by atoms with Crippen molar-refractivity contribution in [3.63, 3.8) is 0 Å². The van der Waals surface area contributed by atoms with Gasteiger partial charge in [0.25, 0.3) is 0 Å².